The summed E-state index contributed by atoms with van der Waals surface area (Å²) in [7, 11) is 0. The van der Waals surface area contributed by atoms with Crippen LogP contribution in [0.1, 0.15) is 22.8 Å². The third-order valence-electron chi connectivity index (χ3n) is 4.29. The highest BCUT2D eigenvalue weighted by atomic mass is 16.5. The number of carbonyl (C=O) groups excluding carboxylic acids is 1. The second-order valence-electron chi connectivity index (χ2n) is 5.82. The van der Waals surface area contributed by atoms with Crippen LogP contribution >= 0.6 is 0 Å². The Morgan fingerprint density at radius 1 is 1.08 bits per heavy atom. The van der Waals surface area contributed by atoms with Gasteiger partial charge in [-0.25, -0.2) is 9.48 Å². The summed E-state index contributed by atoms with van der Waals surface area (Å²) in [6.07, 6.45) is 0. The number of hydrogen-bond donors (Lipinski definition) is 0. The van der Waals surface area contributed by atoms with Crippen molar-refractivity contribution in [2.24, 2.45) is 0 Å². The van der Waals surface area contributed by atoms with Crippen LogP contribution in [0, 0.1) is 0 Å². The maximum absolute atomic E-state index is 12.4. The lowest BCUT2D eigenvalue weighted by molar-refractivity contribution is 0.0474. The quantitative estimate of drug-likeness (QED) is 0.531. The van der Waals surface area contributed by atoms with E-state index in [9.17, 15) is 4.79 Å². The summed E-state index contributed by atoms with van der Waals surface area (Å²) < 4.78 is 7.30. The van der Waals surface area contributed by atoms with Crippen LogP contribution in [0.5, 0.6) is 0 Å². The molecule has 0 atom stereocenters. The maximum atomic E-state index is 12.4. The van der Waals surface area contributed by atoms with Crippen molar-refractivity contribution in [3.8, 4) is 0 Å². The number of benzene rings is 3. The van der Waals surface area contributed by atoms with Crippen LogP contribution in [0.2, 0.25) is 0 Å². The van der Waals surface area contributed by atoms with Crippen molar-refractivity contribution in [3.63, 3.8) is 0 Å². The van der Waals surface area contributed by atoms with Crippen LogP contribution in [0.25, 0.3) is 21.8 Å². The molecule has 0 unspecified atom stereocenters. The average Bonchev–Trinajstić information content (AvgIpc) is 3.08. The van der Waals surface area contributed by atoms with Gasteiger partial charge in [-0.1, -0.05) is 47.7 Å². The first-order valence-corrected chi connectivity index (χ1v) is 8.23. The molecule has 0 N–H and O–H groups in total. The summed E-state index contributed by atoms with van der Waals surface area (Å²) in [5.74, 6) is -0.360. The van der Waals surface area contributed by atoms with Crippen LogP contribution in [0.3, 0.4) is 0 Å². The van der Waals surface area contributed by atoms with Gasteiger partial charge in [0.2, 0.25) is 0 Å². The summed E-state index contributed by atoms with van der Waals surface area (Å²) in [5.41, 5.74) is 3.08. The van der Waals surface area contributed by atoms with Crippen molar-refractivity contribution in [3.05, 3.63) is 71.8 Å². The van der Waals surface area contributed by atoms with Crippen LogP contribution in [0.15, 0.2) is 60.7 Å². The minimum Gasteiger partial charge on any atom is -0.457 e. The number of ether oxygens (including phenoxy) is 1. The monoisotopic (exact) mass is 331 g/mol. The van der Waals surface area contributed by atoms with Gasteiger partial charge >= 0.3 is 5.97 Å². The number of aromatic nitrogens is 3. The van der Waals surface area contributed by atoms with E-state index in [0.29, 0.717) is 11.1 Å². The lowest BCUT2D eigenvalue weighted by atomic mass is 10.1. The van der Waals surface area contributed by atoms with Gasteiger partial charge in [0, 0.05) is 6.54 Å². The first kappa shape index (κ1) is 15.3. The summed E-state index contributed by atoms with van der Waals surface area (Å²) in [6.45, 7) is 2.97. The van der Waals surface area contributed by atoms with Gasteiger partial charge in [0.25, 0.3) is 0 Å². The zero-order valence-corrected chi connectivity index (χ0v) is 13.8. The minimum absolute atomic E-state index is 0.236. The zero-order chi connectivity index (χ0) is 17.2. The van der Waals surface area contributed by atoms with E-state index in [-0.39, 0.29) is 12.6 Å². The highest BCUT2D eigenvalue weighted by Gasteiger charge is 2.12. The highest BCUT2D eigenvalue weighted by molar-refractivity contribution is 5.93. The van der Waals surface area contributed by atoms with Crippen molar-refractivity contribution < 1.29 is 9.53 Å². The van der Waals surface area contributed by atoms with Gasteiger partial charge in [-0.05, 0) is 41.5 Å². The molecule has 5 nitrogen and oxygen atoms in total. The Morgan fingerprint density at radius 2 is 1.92 bits per heavy atom. The fraction of sp³-hybridized carbons (Fsp3) is 0.150. The molecule has 0 saturated heterocycles. The van der Waals surface area contributed by atoms with Crippen molar-refractivity contribution in [1.29, 1.82) is 0 Å². The van der Waals surface area contributed by atoms with Gasteiger partial charge in [0.1, 0.15) is 12.1 Å². The highest BCUT2D eigenvalue weighted by Crippen LogP contribution is 2.20. The molecule has 0 aliphatic heterocycles. The first-order chi connectivity index (χ1) is 12.3. The number of aryl methyl sites for hydroxylation is 1. The minimum atomic E-state index is -0.360. The van der Waals surface area contributed by atoms with E-state index >= 15 is 0 Å². The number of nitrogens with zero attached hydrogens (tertiary/aromatic N) is 3. The number of hydrogen-bond acceptors (Lipinski definition) is 4. The van der Waals surface area contributed by atoms with E-state index in [1.54, 1.807) is 16.8 Å². The molecule has 0 spiro atoms. The van der Waals surface area contributed by atoms with E-state index in [2.05, 4.69) is 10.3 Å². The molecular weight excluding hydrogens is 314 g/mol. The molecule has 0 saturated carbocycles. The van der Waals surface area contributed by atoms with E-state index in [0.717, 1.165) is 28.4 Å². The van der Waals surface area contributed by atoms with E-state index in [1.807, 2.05) is 55.5 Å². The van der Waals surface area contributed by atoms with Crippen molar-refractivity contribution >= 4 is 27.8 Å². The second-order valence-corrected chi connectivity index (χ2v) is 5.82. The summed E-state index contributed by atoms with van der Waals surface area (Å²) in [6, 6.07) is 19.4. The molecule has 0 amide bonds. The van der Waals surface area contributed by atoms with Gasteiger partial charge in [0.05, 0.1) is 11.1 Å². The van der Waals surface area contributed by atoms with Gasteiger partial charge in [-0.3, -0.25) is 0 Å². The van der Waals surface area contributed by atoms with Gasteiger partial charge in [-0.2, -0.15) is 0 Å². The van der Waals surface area contributed by atoms with Crippen LogP contribution in [0.4, 0.5) is 0 Å². The fourth-order valence-corrected chi connectivity index (χ4v) is 2.98. The van der Waals surface area contributed by atoms with Crippen LogP contribution in [-0.4, -0.2) is 21.0 Å². The normalized spacial score (nSPS) is 11.1. The Labute approximate surface area is 144 Å². The topological polar surface area (TPSA) is 57.0 Å². The number of carbonyl (C=O) groups is 1. The number of fused-ring (bicyclic) bond motifs is 2. The smallest absolute Gasteiger partial charge is 0.338 e. The summed E-state index contributed by atoms with van der Waals surface area (Å²) in [5, 5.41) is 10.4. The molecule has 0 bridgehead atoms. The Balaban J connectivity index is 1.55. The van der Waals surface area contributed by atoms with Crippen molar-refractivity contribution in [2.45, 2.75) is 20.1 Å². The predicted molar refractivity (Wildman–Crippen MR) is 96.3 cm³/mol. The SMILES string of the molecule is CCn1nnc2cc(C(=O)OCc3cccc4ccccc34)ccc21. The van der Waals surface area contributed by atoms with E-state index in [1.165, 1.54) is 0 Å². The Kier molecular flexibility index (Phi) is 3.90. The molecule has 3 aromatic carbocycles. The third kappa shape index (κ3) is 2.85. The fourth-order valence-electron chi connectivity index (χ4n) is 2.98. The Hall–Kier alpha value is -3.21. The molecule has 25 heavy (non-hydrogen) atoms. The second kappa shape index (κ2) is 6.36. The molecule has 0 aliphatic carbocycles. The zero-order valence-electron chi connectivity index (χ0n) is 13.8. The Morgan fingerprint density at radius 3 is 2.80 bits per heavy atom. The van der Waals surface area contributed by atoms with Crippen molar-refractivity contribution in [2.75, 3.05) is 0 Å². The average molecular weight is 331 g/mol. The van der Waals surface area contributed by atoms with Crippen molar-refractivity contribution in [1.82, 2.24) is 15.0 Å². The van der Waals surface area contributed by atoms with Crippen LogP contribution < -0.4 is 0 Å². The number of rotatable bonds is 4. The first-order valence-electron chi connectivity index (χ1n) is 8.23. The summed E-state index contributed by atoms with van der Waals surface area (Å²) in [4.78, 5) is 12.4. The lowest BCUT2D eigenvalue weighted by Crippen LogP contribution is -2.05. The molecule has 124 valence electrons. The third-order valence-corrected chi connectivity index (χ3v) is 4.29. The standard InChI is InChI=1S/C20H17N3O2/c1-2-23-19-11-10-15(12-18(19)21-22-23)20(24)25-13-16-8-5-7-14-6-3-4-9-17(14)16/h3-12H,2,13H2,1H3. The largest absolute Gasteiger partial charge is 0.457 e. The Bertz CT molecular complexity index is 1060. The van der Waals surface area contributed by atoms with Gasteiger partial charge in [0.15, 0.2) is 0 Å². The van der Waals surface area contributed by atoms with E-state index in [4.69, 9.17) is 4.74 Å². The number of esters is 1. The van der Waals surface area contributed by atoms with Crippen LogP contribution in [-0.2, 0) is 17.9 Å². The predicted octanol–water partition coefficient (Wildman–Crippen LogP) is 3.96. The summed E-state index contributed by atoms with van der Waals surface area (Å²) >= 11 is 0. The molecule has 1 aromatic heterocycles. The maximum Gasteiger partial charge on any atom is 0.338 e. The molecule has 5 heteroatoms. The lowest BCUT2D eigenvalue weighted by Gasteiger charge is -2.08. The van der Waals surface area contributed by atoms with Gasteiger partial charge < -0.3 is 4.74 Å². The molecule has 1 heterocycles. The molecular formula is C20H17N3O2. The van der Waals surface area contributed by atoms with E-state index < -0.39 is 0 Å². The molecule has 0 aliphatic rings. The molecule has 0 fully saturated rings. The molecule has 4 rings (SSSR count). The molecule has 4 aromatic rings. The van der Waals surface area contributed by atoms with Gasteiger partial charge in [-0.15, -0.1) is 5.10 Å². The molecule has 0 radical (unpaired) electrons.